The molecule has 2 nitrogen and oxygen atoms in total. The summed E-state index contributed by atoms with van der Waals surface area (Å²) in [5.74, 6) is 1.84. The molecule has 2 bridgehead atoms. The van der Waals surface area contributed by atoms with Gasteiger partial charge in [0.05, 0.1) is 6.42 Å². The Kier molecular flexibility index (Phi) is 3.34. The summed E-state index contributed by atoms with van der Waals surface area (Å²) in [5.41, 5.74) is 3.61. The van der Waals surface area contributed by atoms with Crippen molar-refractivity contribution in [1.82, 2.24) is 5.32 Å². The first kappa shape index (κ1) is 12.7. The van der Waals surface area contributed by atoms with Crippen LogP contribution in [-0.4, -0.2) is 11.9 Å². The SMILES string of the molecule is Cc1ccc(C)c(CC(=O)N[C@@H]2C[C@H]3CC[C@H]2C3)c1. The topological polar surface area (TPSA) is 29.1 Å². The largest absolute Gasteiger partial charge is 0.353 e. The van der Waals surface area contributed by atoms with E-state index in [-0.39, 0.29) is 5.91 Å². The van der Waals surface area contributed by atoms with Crippen molar-refractivity contribution >= 4 is 5.91 Å². The van der Waals surface area contributed by atoms with E-state index in [2.05, 4.69) is 37.4 Å². The fraction of sp³-hybridized carbons (Fsp3) is 0.588. The van der Waals surface area contributed by atoms with Gasteiger partial charge in [0.25, 0.3) is 0 Å². The maximum Gasteiger partial charge on any atom is 0.224 e. The van der Waals surface area contributed by atoms with E-state index in [1.807, 2.05) is 0 Å². The standard InChI is InChI=1S/C17H23NO/c1-11-3-4-12(2)15(7-11)10-17(19)18-16-9-13-5-6-14(16)8-13/h3-4,7,13-14,16H,5-6,8-10H2,1-2H3,(H,18,19)/t13-,14-,16+/m0/s1. The van der Waals surface area contributed by atoms with Crippen LogP contribution in [0.5, 0.6) is 0 Å². The zero-order valence-electron chi connectivity index (χ0n) is 11.9. The van der Waals surface area contributed by atoms with E-state index in [9.17, 15) is 4.79 Å². The summed E-state index contributed by atoms with van der Waals surface area (Å²) in [6.07, 6.45) is 5.78. The second-order valence-corrected chi connectivity index (χ2v) is 6.46. The number of rotatable bonds is 3. The fourth-order valence-electron chi connectivity index (χ4n) is 3.84. The quantitative estimate of drug-likeness (QED) is 0.885. The third-order valence-electron chi connectivity index (χ3n) is 4.94. The Morgan fingerprint density at radius 1 is 1.26 bits per heavy atom. The lowest BCUT2D eigenvalue weighted by atomic mass is 9.95. The zero-order chi connectivity index (χ0) is 13.4. The monoisotopic (exact) mass is 257 g/mol. The van der Waals surface area contributed by atoms with Crippen LogP contribution in [0.4, 0.5) is 0 Å². The van der Waals surface area contributed by atoms with Gasteiger partial charge in [-0.25, -0.2) is 0 Å². The molecule has 0 spiro atoms. The van der Waals surface area contributed by atoms with E-state index >= 15 is 0 Å². The van der Waals surface area contributed by atoms with Crippen molar-refractivity contribution in [2.45, 2.75) is 52.0 Å². The van der Waals surface area contributed by atoms with Gasteiger partial charge in [-0.05, 0) is 56.1 Å². The Bertz CT molecular complexity index is 494. The molecule has 3 rings (SSSR count). The van der Waals surface area contributed by atoms with Crippen molar-refractivity contribution in [3.63, 3.8) is 0 Å². The summed E-state index contributed by atoms with van der Waals surface area (Å²) in [6, 6.07) is 6.80. The van der Waals surface area contributed by atoms with Crippen molar-refractivity contribution in [1.29, 1.82) is 0 Å². The first-order valence-electron chi connectivity index (χ1n) is 7.47. The Hall–Kier alpha value is -1.31. The average molecular weight is 257 g/mol. The molecule has 0 saturated heterocycles. The van der Waals surface area contributed by atoms with E-state index in [0.29, 0.717) is 12.5 Å². The predicted molar refractivity (Wildman–Crippen MR) is 77.0 cm³/mol. The minimum Gasteiger partial charge on any atom is -0.353 e. The van der Waals surface area contributed by atoms with Crippen LogP contribution < -0.4 is 5.32 Å². The molecule has 0 heterocycles. The van der Waals surface area contributed by atoms with E-state index in [1.165, 1.54) is 42.4 Å². The molecule has 0 radical (unpaired) electrons. The maximum atomic E-state index is 12.2. The first-order chi connectivity index (χ1) is 9.11. The summed E-state index contributed by atoms with van der Waals surface area (Å²) in [5, 5.41) is 3.27. The van der Waals surface area contributed by atoms with Gasteiger partial charge in [0.15, 0.2) is 0 Å². The third kappa shape index (κ3) is 2.68. The van der Waals surface area contributed by atoms with Crippen LogP contribution in [0, 0.1) is 25.7 Å². The number of amides is 1. The number of nitrogens with one attached hydrogen (secondary N) is 1. The number of fused-ring (bicyclic) bond motifs is 2. The molecular weight excluding hydrogens is 234 g/mol. The van der Waals surface area contributed by atoms with Crippen LogP contribution in [0.25, 0.3) is 0 Å². The van der Waals surface area contributed by atoms with E-state index in [4.69, 9.17) is 0 Å². The van der Waals surface area contributed by atoms with Crippen molar-refractivity contribution in [2.24, 2.45) is 11.8 Å². The molecule has 2 fully saturated rings. The van der Waals surface area contributed by atoms with Gasteiger partial charge in [0.2, 0.25) is 5.91 Å². The van der Waals surface area contributed by atoms with E-state index in [0.717, 1.165) is 11.8 Å². The van der Waals surface area contributed by atoms with Gasteiger partial charge >= 0.3 is 0 Å². The smallest absolute Gasteiger partial charge is 0.224 e. The highest BCUT2D eigenvalue weighted by molar-refractivity contribution is 5.79. The summed E-state index contributed by atoms with van der Waals surface area (Å²) in [4.78, 5) is 12.2. The average Bonchev–Trinajstić information content (AvgIpc) is 2.96. The lowest BCUT2D eigenvalue weighted by Gasteiger charge is -2.23. The molecule has 0 aliphatic heterocycles. The lowest BCUT2D eigenvalue weighted by molar-refractivity contribution is -0.121. The highest BCUT2D eigenvalue weighted by Crippen LogP contribution is 2.44. The number of hydrogen-bond acceptors (Lipinski definition) is 1. The minimum atomic E-state index is 0.200. The molecule has 0 aromatic heterocycles. The summed E-state index contributed by atoms with van der Waals surface area (Å²) in [6.45, 7) is 4.16. The van der Waals surface area contributed by atoms with Crippen LogP contribution in [0.3, 0.4) is 0 Å². The second kappa shape index (κ2) is 4.99. The zero-order valence-corrected chi connectivity index (χ0v) is 11.9. The molecule has 1 aromatic carbocycles. The number of hydrogen-bond donors (Lipinski definition) is 1. The number of aryl methyl sites for hydroxylation is 2. The Labute approximate surface area is 115 Å². The van der Waals surface area contributed by atoms with Crippen LogP contribution in [0.1, 0.15) is 42.4 Å². The van der Waals surface area contributed by atoms with Gasteiger partial charge in [0.1, 0.15) is 0 Å². The molecular formula is C17H23NO. The summed E-state index contributed by atoms with van der Waals surface area (Å²) >= 11 is 0. The molecule has 1 amide bonds. The van der Waals surface area contributed by atoms with Crippen molar-refractivity contribution in [3.8, 4) is 0 Å². The van der Waals surface area contributed by atoms with Gasteiger partial charge in [-0.1, -0.05) is 30.2 Å². The van der Waals surface area contributed by atoms with E-state index < -0.39 is 0 Å². The molecule has 1 aromatic rings. The Balaban J connectivity index is 1.61. The summed E-state index contributed by atoms with van der Waals surface area (Å²) in [7, 11) is 0. The normalized spacial score (nSPS) is 28.6. The van der Waals surface area contributed by atoms with Crippen LogP contribution in [0.2, 0.25) is 0 Å². The Morgan fingerprint density at radius 2 is 2.11 bits per heavy atom. The molecule has 2 saturated carbocycles. The van der Waals surface area contributed by atoms with Crippen LogP contribution in [-0.2, 0) is 11.2 Å². The van der Waals surface area contributed by atoms with Crippen molar-refractivity contribution in [3.05, 3.63) is 34.9 Å². The van der Waals surface area contributed by atoms with Gasteiger partial charge in [-0.2, -0.15) is 0 Å². The predicted octanol–water partition coefficient (Wildman–Crippen LogP) is 3.15. The van der Waals surface area contributed by atoms with E-state index in [1.54, 1.807) is 0 Å². The number of benzene rings is 1. The van der Waals surface area contributed by atoms with Crippen molar-refractivity contribution in [2.75, 3.05) is 0 Å². The molecule has 2 aliphatic carbocycles. The molecule has 102 valence electrons. The number of carbonyl (C=O) groups excluding carboxylic acids is 1. The lowest BCUT2D eigenvalue weighted by Crippen LogP contribution is -2.39. The molecule has 19 heavy (non-hydrogen) atoms. The number of carbonyl (C=O) groups is 1. The van der Waals surface area contributed by atoms with Gasteiger partial charge in [-0.15, -0.1) is 0 Å². The molecule has 2 heteroatoms. The highest BCUT2D eigenvalue weighted by Gasteiger charge is 2.39. The highest BCUT2D eigenvalue weighted by atomic mass is 16.1. The van der Waals surface area contributed by atoms with Gasteiger partial charge in [0, 0.05) is 6.04 Å². The fourth-order valence-corrected chi connectivity index (χ4v) is 3.84. The van der Waals surface area contributed by atoms with Crippen LogP contribution in [0.15, 0.2) is 18.2 Å². The first-order valence-corrected chi connectivity index (χ1v) is 7.47. The van der Waals surface area contributed by atoms with Gasteiger partial charge in [-0.3, -0.25) is 4.79 Å². The molecule has 2 aliphatic rings. The molecule has 3 atom stereocenters. The van der Waals surface area contributed by atoms with Gasteiger partial charge < -0.3 is 5.32 Å². The summed E-state index contributed by atoms with van der Waals surface area (Å²) < 4.78 is 0. The second-order valence-electron chi connectivity index (χ2n) is 6.46. The van der Waals surface area contributed by atoms with Crippen LogP contribution >= 0.6 is 0 Å². The minimum absolute atomic E-state index is 0.200. The Morgan fingerprint density at radius 3 is 2.79 bits per heavy atom. The molecule has 0 unspecified atom stereocenters. The molecule has 1 N–H and O–H groups in total. The van der Waals surface area contributed by atoms with Crippen molar-refractivity contribution < 1.29 is 4.79 Å². The third-order valence-corrected chi connectivity index (χ3v) is 4.94. The maximum absolute atomic E-state index is 12.2.